The standard InChI is InChI=1S/C12H11Br2NO2S2/c1-8-2-4-11(10(13)6-8)19(16,17)15-7-9-3-5-12(14)18-9/h2-6,15H,7H2,1H3. The minimum absolute atomic E-state index is 0.258. The largest absolute Gasteiger partial charge is 0.242 e. The molecule has 0 radical (unpaired) electrons. The molecule has 0 saturated carbocycles. The summed E-state index contributed by atoms with van der Waals surface area (Å²) < 4.78 is 28.6. The van der Waals surface area contributed by atoms with Gasteiger partial charge in [0.2, 0.25) is 10.0 Å². The van der Waals surface area contributed by atoms with Crippen LogP contribution >= 0.6 is 43.2 Å². The number of benzene rings is 1. The van der Waals surface area contributed by atoms with E-state index in [0.717, 1.165) is 14.2 Å². The highest BCUT2D eigenvalue weighted by molar-refractivity contribution is 9.11. The van der Waals surface area contributed by atoms with E-state index in [-0.39, 0.29) is 4.90 Å². The Hall–Kier alpha value is -0.210. The van der Waals surface area contributed by atoms with Gasteiger partial charge in [-0.15, -0.1) is 11.3 Å². The van der Waals surface area contributed by atoms with E-state index in [0.29, 0.717) is 11.0 Å². The SMILES string of the molecule is Cc1ccc(S(=O)(=O)NCc2ccc(Br)s2)c(Br)c1. The molecule has 2 aromatic rings. The Morgan fingerprint density at radius 1 is 1.21 bits per heavy atom. The fraction of sp³-hybridized carbons (Fsp3) is 0.167. The molecular formula is C12H11Br2NO2S2. The molecule has 0 fully saturated rings. The van der Waals surface area contributed by atoms with Crippen LogP contribution < -0.4 is 4.72 Å². The van der Waals surface area contributed by atoms with Crippen molar-refractivity contribution >= 4 is 53.2 Å². The zero-order valence-corrected chi connectivity index (χ0v) is 14.8. The van der Waals surface area contributed by atoms with Crippen molar-refractivity contribution in [2.24, 2.45) is 0 Å². The zero-order chi connectivity index (χ0) is 14.0. The molecule has 0 bridgehead atoms. The monoisotopic (exact) mass is 423 g/mol. The summed E-state index contributed by atoms with van der Waals surface area (Å²) in [6.45, 7) is 2.21. The normalized spacial score (nSPS) is 11.7. The molecule has 0 aliphatic rings. The van der Waals surface area contributed by atoms with Crippen molar-refractivity contribution in [2.75, 3.05) is 0 Å². The van der Waals surface area contributed by atoms with Gasteiger partial charge in [0, 0.05) is 15.9 Å². The van der Waals surface area contributed by atoms with Gasteiger partial charge in [-0.05, 0) is 68.6 Å². The molecule has 0 saturated heterocycles. The number of rotatable bonds is 4. The van der Waals surface area contributed by atoms with Crippen LogP contribution in [-0.2, 0) is 16.6 Å². The first-order valence-corrected chi connectivity index (χ1v) is 9.27. The highest BCUT2D eigenvalue weighted by atomic mass is 79.9. The van der Waals surface area contributed by atoms with Crippen molar-refractivity contribution in [3.63, 3.8) is 0 Å². The molecule has 102 valence electrons. The van der Waals surface area contributed by atoms with E-state index in [1.54, 1.807) is 18.2 Å². The Labute approximate surface area is 133 Å². The molecule has 2 rings (SSSR count). The van der Waals surface area contributed by atoms with Crippen molar-refractivity contribution in [1.29, 1.82) is 0 Å². The first-order valence-electron chi connectivity index (χ1n) is 5.38. The summed E-state index contributed by atoms with van der Waals surface area (Å²) in [7, 11) is -3.50. The van der Waals surface area contributed by atoms with Crippen molar-refractivity contribution in [3.8, 4) is 0 Å². The van der Waals surface area contributed by atoms with Gasteiger partial charge >= 0.3 is 0 Å². The van der Waals surface area contributed by atoms with Gasteiger partial charge < -0.3 is 0 Å². The van der Waals surface area contributed by atoms with Gasteiger partial charge in [-0.2, -0.15) is 0 Å². The quantitative estimate of drug-likeness (QED) is 0.804. The van der Waals surface area contributed by atoms with Gasteiger partial charge in [-0.1, -0.05) is 6.07 Å². The molecule has 19 heavy (non-hydrogen) atoms. The third kappa shape index (κ3) is 3.88. The topological polar surface area (TPSA) is 46.2 Å². The molecule has 0 amide bonds. The second-order valence-electron chi connectivity index (χ2n) is 3.96. The lowest BCUT2D eigenvalue weighted by Gasteiger charge is -2.08. The van der Waals surface area contributed by atoms with Crippen LogP contribution in [0.5, 0.6) is 0 Å². The Bertz CT molecular complexity index is 696. The maximum atomic E-state index is 12.2. The molecular weight excluding hydrogens is 414 g/mol. The summed E-state index contributed by atoms with van der Waals surface area (Å²) in [5, 5.41) is 0. The van der Waals surface area contributed by atoms with Gasteiger partial charge in [0.1, 0.15) is 0 Å². The Kier molecular flexibility index (Phi) is 4.84. The van der Waals surface area contributed by atoms with E-state index in [9.17, 15) is 8.42 Å². The van der Waals surface area contributed by atoms with Gasteiger partial charge in [-0.25, -0.2) is 13.1 Å². The van der Waals surface area contributed by atoms with Crippen molar-refractivity contribution in [3.05, 3.63) is 49.0 Å². The molecule has 1 N–H and O–H groups in total. The average molecular weight is 425 g/mol. The number of hydrogen-bond donors (Lipinski definition) is 1. The van der Waals surface area contributed by atoms with Crippen LogP contribution in [0.25, 0.3) is 0 Å². The van der Waals surface area contributed by atoms with Gasteiger partial charge in [0.05, 0.1) is 8.68 Å². The van der Waals surface area contributed by atoms with Gasteiger partial charge in [-0.3, -0.25) is 0 Å². The van der Waals surface area contributed by atoms with Crippen molar-refractivity contribution in [2.45, 2.75) is 18.4 Å². The molecule has 1 aromatic heterocycles. The van der Waals surface area contributed by atoms with E-state index in [1.807, 2.05) is 19.1 Å². The smallest absolute Gasteiger partial charge is 0.207 e. The Balaban J connectivity index is 2.18. The lowest BCUT2D eigenvalue weighted by Crippen LogP contribution is -2.23. The number of thiophene rings is 1. The van der Waals surface area contributed by atoms with E-state index in [2.05, 4.69) is 36.6 Å². The van der Waals surface area contributed by atoms with Crippen LogP contribution in [0.1, 0.15) is 10.4 Å². The van der Waals surface area contributed by atoms with Crippen molar-refractivity contribution in [1.82, 2.24) is 4.72 Å². The van der Waals surface area contributed by atoms with Gasteiger partial charge in [0.15, 0.2) is 0 Å². The van der Waals surface area contributed by atoms with E-state index in [1.165, 1.54) is 11.3 Å². The second-order valence-corrected chi connectivity index (χ2v) is 9.10. The van der Waals surface area contributed by atoms with Crippen LogP contribution in [0.4, 0.5) is 0 Å². The Morgan fingerprint density at radius 3 is 2.53 bits per heavy atom. The summed E-state index contributed by atoms with van der Waals surface area (Å²) in [4.78, 5) is 1.22. The predicted octanol–water partition coefficient (Wildman–Crippen LogP) is 4.06. The number of hydrogen-bond acceptors (Lipinski definition) is 3. The molecule has 7 heteroatoms. The molecule has 0 atom stereocenters. The summed E-state index contributed by atoms with van der Waals surface area (Å²) in [6, 6.07) is 8.96. The van der Waals surface area contributed by atoms with E-state index >= 15 is 0 Å². The number of nitrogens with one attached hydrogen (secondary N) is 1. The minimum Gasteiger partial charge on any atom is -0.207 e. The van der Waals surface area contributed by atoms with E-state index < -0.39 is 10.0 Å². The summed E-state index contributed by atoms with van der Waals surface area (Å²) in [5.41, 5.74) is 1.01. The maximum Gasteiger partial charge on any atom is 0.242 e. The number of aryl methyl sites for hydroxylation is 1. The average Bonchev–Trinajstić information content (AvgIpc) is 2.72. The van der Waals surface area contributed by atoms with Crippen LogP contribution in [0.2, 0.25) is 0 Å². The highest BCUT2D eigenvalue weighted by Crippen LogP contribution is 2.25. The summed E-state index contributed by atoms with van der Waals surface area (Å²) in [5.74, 6) is 0. The van der Waals surface area contributed by atoms with E-state index in [4.69, 9.17) is 0 Å². The Morgan fingerprint density at radius 2 is 1.95 bits per heavy atom. The van der Waals surface area contributed by atoms with Crippen LogP contribution in [0.15, 0.2) is 43.5 Å². The zero-order valence-electron chi connectivity index (χ0n) is 9.98. The molecule has 0 spiro atoms. The third-order valence-electron chi connectivity index (χ3n) is 2.44. The molecule has 0 unspecified atom stereocenters. The number of sulfonamides is 1. The van der Waals surface area contributed by atoms with Crippen LogP contribution in [0.3, 0.4) is 0 Å². The highest BCUT2D eigenvalue weighted by Gasteiger charge is 2.17. The third-order valence-corrected chi connectivity index (χ3v) is 6.44. The van der Waals surface area contributed by atoms with Gasteiger partial charge in [0.25, 0.3) is 0 Å². The van der Waals surface area contributed by atoms with Crippen molar-refractivity contribution < 1.29 is 8.42 Å². The molecule has 1 heterocycles. The predicted molar refractivity (Wildman–Crippen MR) is 84.9 cm³/mol. The number of halogens is 2. The maximum absolute atomic E-state index is 12.2. The second kappa shape index (κ2) is 6.05. The lowest BCUT2D eigenvalue weighted by molar-refractivity contribution is 0.581. The summed E-state index contributed by atoms with van der Waals surface area (Å²) >= 11 is 8.15. The molecule has 1 aromatic carbocycles. The lowest BCUT2D eigenvalue weighted by atomic mass is 10.2. The fourth-order valence-corrected chi connectivity index (χ4v) is 5.23. The molecule has 0 aliphatic heterocycles. The summed E-state index contributed by atoms with van der Waals surface area (Å²) in [6.07, 6.45) is 0. The first-order chi connectivity index (χ1) is 8.88. The molecule has 3 nitrogen and oxygen atoms in total. The minimum atomic E-state index is -3.50. The first kappa shape index (κ1) is 15.2. The van der Waals surface area contributed by atoms with Crippen LogP contribution in [0, 0.1) is 6.92 Å². The molecule has 0 aliphatic carbocycles. The van der Waals surface area contributed by atoms with Crippen LogP contribution in [-0.4, -0.2) is 8.42 Å². The fourth-order valence-electron chi connectivity index (χ4n) is 1.51.